The second-order valence-corrected chi connectivity index (χ2v) is 5.28. The van der Waals surface area contributed by atoms with Crippen LogP contribution in [0.4, 0.5) is 0 Å². The standard InChI is InChI=1S/C15H8BrNO/c16-11-5-6-12-13-10(7-17-12)8-3-1-2-4-9(8)15(18)14(11)13/h1-7,17H. The molecular formula is C15H8BrNO. The van der Waals surface area contributed by atoms with Gasteiger partial charge in [0.1, 0.15) is 0 Å². The normalized spacial score (nSPS) is 12.8. The van der Waals surface area contributed by atoms with Gasteiger partial charge in [0.2, 0.25) is 0 Å². The first-order chi connectivity index (χ1) is 8.77. The summed E-state index contributed by atoms with van der Waals surface area (Å²) in [5.41, 5.74) is 4.67. The molecule has 18 heavy (non-hydrogen) atoms. The molecule has 0 amide bonds. The van der Waals surface area contributed by atoms with E-state index in [-0.39, 0.29) is 5.78 Å². The average Bonchev–Trinajstić information content (AvgIpc) is 2.82. The number of hydrogen-bond donors (Lipinski definition) is 1. The first kappa shape index (κ1) is 10.1. The van der Waals surface area contributed by atoms with E-state index >= 15 is 0 Å². The molecule has 1 aromatic heterocycles. The highest BCUT2D eigenvalue weighted by molar-refractivity contribution is 9.10. The number of aromatic nitrogens is 1. The van der Waals surface area contributed by atoms with Crippen LogP contribution in [0.25, 0.3) is 22.0 Å². The van der Waals surface area contributed by atoms with Crippen molar-refractivity contribution in [3.05, 3.63) is 58.2 Å². The summed E-state index contributed by atoms with van der Waals surface area (Å²) in [7, 11) is 0. The van der Waals surface area contributed by atoms with E-state index < -0.39 is 0 Å². The van der Waals surface area contributed by atoms with Crippen molar-refractivity contribution in [1.29, 1.82) is 0 Å². The summed E-state index contributed by atoms with van der Waals surface area (Å²) in [6.45, 7) is 0. The molecule has 86 valence electrons. The van der Waals surface area contributed by atoms with Gasteiger partial charge in [0.05, 0.1) is 0 Å². The zero-order valence-corrected chi connectivity index (χ0v) is 10.9. The topological polar surface area (TPSA) is 32.9 Å². The molecule has 1 aliphatic carbocycles. The highest BCUT2D eigenvalue weighted by Crippen LogP contribution is 2.41. The number of hydrogen-bond acceptors (Lipinski definition) is 1. The largest absolute Gasteiger partial charge is 0.361 e. The zero-order valence-electron chi connectivity index (χ0n) is 9.33. The van der Waals surface area contributed by atoms with E-state index in [1.165, 1.54) is 0 Å². The van der Waals surface area contributed by atoms with Gasteiger partial charge in [-0.3, -0.25) is 4.79 Å². The van der Waals surface area contributed by atoms with Crippen molar-refractivity contribution in [2.45, 2.75) is 0 Å². The number of fused-ring (bicyclic) bond motifs is 2. The Morgan fingerprint density at radius 1 is 0.944 bits per heavy atom. The minimum absolute atomic E-state index is 0.0928. The smallest absolute Gasteiger partial charge is 0.195 e. The lowest BCUT2D eigenvalue weighted by Gasteiger charge is -2.16. The molecule has 0 unspecified atom stereocenters. The van der Waals surface area contributed by atoms with Crippen LogP contribution in [-0.4, -0.2) is 10.8 Å². The van der Waals surface area contributed by atoms with E-state index in [4.69, 9.17) is 0 Å². The van der Waals surface area contributed by atoms with Gasteiger partial charge in [-0.25, -0.2) is 0 Å². The fourth-order valence-electron chi connectivity index (χ4n) is 2.68. The summed E-state index contributed by atoms with van der Waals surface area (Å²) in [4.78, 5) is 15.8. The van der Waals surface area contributed by atoms with E-state index in [0.717, 1.165) is 37.6 Å². The number of aromatic amines is 1. The Hall–Kier alpha value is -1.87. The third-order valence-corrected chi connectivity index (χ3v) is 4.15. The van der Waals surface area contributed by atoms with Gasteiger partial charge in [-0.2, -0.15) is 0 Å². The molecule has 2 aromatic carbocycles. The van der Waals surface area contributed by atoms with Crippen molar-refractivity contribution in [1.82, 2.24) is 4.98 Å². The highest BCUT2D eigenvalue weighted by Gasteiger charge is 2.27. The number of rotatable bonds is 0. The van der Waals surface area contributed by atoms with Crippen LogP contribution in [0.3, 0.4) is 0 Å². The van der Waals surface area contributed by atoms with Crippen molar-refractivity contribution in [3.63, 3.8) is 0 Å². The first-order valence-corrected chi connectivity index (χ1v) is 6.50. The predicted molar refractivity (Wildman–Crippen MR) is 74.9 cm³/mol. The van der Waals surface area contributed by atoms with Crippen LogP contribution in [-0.2, 0) is 0 Å². The number of benzene rings is 2. The highest BCUT2D eigenvalue weighted by atomic mass is 79.9. The summed E-state index contributed by atoms with van der Waals surface area (Å²) in [5, 5.41) is 1.02. The number of H-pyrrole nitrogens is 1. The van der Waals surface area contributed by atoms with Crippen LogP contribution in [0.2, 0.25) is 0 Å². The Morgan fingerprint density at radius 2 is 1.72 bits per heavy atom. The maximum atomic E-state index is 12.6. The summed E-state index contributed by atoms with van der Waals surface area (Å²) in [6.07, 6.45) is 1.98. The minimum Gasteiger partial charge on any atom is -0.361 e. The van der Waals surface area contributed by atoms with Crippen LogP contribution in [0, 0.1) is 0 Å². The monoisotopic (exact) mass is 297 g/mol. The molecule has 1 heterocycles. The van der Waals surface area contributed by atoms with Gasteiger partial charge in [-0.15, -0.1) is 0 Å². The van der Waals surface area contributed by atoms with Crippen molar-refractivity contribution in [2.75, 3.05) is 0 Å². The second kappa shape index (κ2) is 3.33. The predicted octanol–water partition coefficient (Wildman–Crippen LogP) is 4.14. The molecule has 0 saturated carbocycles. The lowest BCUT2D eigenvalue weighted by molar-refractivity contribution is 0.103. The summed E-state index contributed by atoms with van der Waals surface area (Å²) >= 11 is 3.49. The van der Waals surface area contributed by atoms with Crippen molar-refractivity contribution < 1.29 is 4.79 Å². The Balaban J connectivity index is 2.28. The zero-order chi connectivity index (χ0) is 12.3. The number of carbonyl (C=O) groups is 1. The number of carbonyl (C=O) groups excluding carboxylic acids is 1. The molecule has 2 nitrogen and oxygen atoms in total. The van der Waals surface area contributed by atoms with E-state index in [9.17, 15) is 4.79 Å². The molecule has 0 atom stereocenters. The number of nitrogens with one attached hydrogen (secondary N) is 1. The van der Waals surface area contributed by atoms with Crippen LogP contribution in [0.15, 0.2) is 47.1 Å². The summed E-state index contributed by atoms with van der Waals surface area (Å²) in [5.74, 6) is 0.0928. The molecular weight excluding hydrogens is 290 g/mol. The van der Waals surface area contributed by atoms with Gasteiger partial charge in [-0.1, -0.05) is 40.2 Å². The van der Waals surface area contributed by atoms with Crippen LogP contribution in [0.1, 0.15) is 15.9 Å². The van der Waals surface area contributed by atoms with Crippen molar-refractivity contribution in [2.24, 2.45) is 0 Å². The molecule has 0 bridgehead atoms. The SMILES string of the molecule is O=C1c2ccccc2-c2c[nH]c3ccc(Br)c1c23. The lowest BCUT2D eigenvalue weighted by atomic mass is 9.86. The van der Waals surface area contributed by atoms with E-state index in [1.54, 1.807) is 0 Å². The number of ketones is 1. The van der Waals surface area contributed by atoms with Gasteiger partial charge < -0.3 is 4.98 Å². The van der Waals surface area contributed by atoms with E-state index in [2.05, 4.69) is 20.9 Å². The van der Waals surface area contributed by atoms with Gasteiger partial charge in [0.15, 0.2) is 5.78 Å². The summed E-state index contributed by atoms with van der Waals surface area (Å²) < 4.78 is 0.857. The number of halogens is 1. The van der Waals surface area contributed by atoms with E-state index in [0.29, 0.717) is 0 Å². The third-order valence-electron chi connectivity index (χ3n) is 3.48. The first-order valence-electron chi connectivity index (χ1n) is 5.71. The van der Waals surface area contributed by atoms with Crippen molar-refractivity contribution in [3.8, 4) is 11.1 Å². The van der Waals surface area contributed by atoms with Gasteiger partial charge in [0.25, 0.3) is 0 Å². The molecule has 3 heteroatoms. The van der Waals surface area contributed by atoms with Crippen LogP contribution in [0.5, 0.6) is 0 Å². The molecule has 1 N–H and O–H groups in total. The molecule has 1 aliphatic rings. The second-order valence-electron chi connectivity index (χ2n) is 4.42. The van der Waals surface area contributed by atoms with Gasteiger partial charge >= 0.3 is 0 Å². The minimum atomic E-state index is 0.0928. The average molecular weight is 298 g/mol. The van der Waals surface area contributed by atoms with Gasteiger partial charge in [0, 0.05) is 38.3 Å². The van der Waals surface area contributed by atoms with Gasteiger partial charge in [-0.05, 0) is 17.7 Å². The molecule has 0 saturated heterocycles. The fourth-order valence-corrected chi connectivity index (χ4v) is 3.19. The molecule has 0 aliphatic heterocycles. The van der Waals surface area contributed by atoms with Crippen molar-refractivity contribution >= 4 is 32.6 Å². The quantitative estimate of drug-likeness (QED) is 0.520. The lowest BCUT2D eigenvalue weighted by Crippen LogP contribution is -2.09. The Morgan fingerprint density at radius 3 is 2.56 bits per heavy atom. The maximum Gasteiger partial charge on any atom is 0.195 e. The molecule has 3 aromatic rings. The van der Waals surface area contributed by atoms with Crippen LogP contribution < -0.4 is 0 Å². The molecule has 0 radical (unpaired) electrons. The fraction of sp³-hybridized carbons (Fsp3) is 0. The molecule has 4 rings (SSSR count). The summed E-state index contributed by atoms with van der Waals surface area (Å²) in [6, 6.07) is 11.7. The maximum absolute atomic E-state index is 12.6. The molecule has 0 fully saturated rings. The third kappa shape index (κ3) is 1.10. The Bertz CT molecular complexity index is 816. The Kier molecular flexibility index (Phi) is 1.87. The van der Waals surface area contributed by atoms with E-state index in [1.807, 2.05) is 42.6 Å². The van der Waals surface area contributed by atoms with Crippen LogP contribution >= 0.6 is 15.9 Å². The molecule has 0 spiro atoms. The Labute approximate surface area is 112 Å².